The van der Waals surface area contributed by atoms with Crippen molar-refractivity contribution in [3.8, 4) is 11.5 Å². The highest BCUT2D eigenvalue weighted by molar-refractivity contribution is 5.81. The molecule has 3 aliphatic heterocycles. The van der Waals surface area contributed by atoms with Crippen LogP contribution in [0.5, 0.6) is 11.5 Å². The second-order valence-corrected chi connectivity index (χ2v) is 7.87. The number of piperidine rings is 1. The van der Waals surface area contributed by atoms with Crippen molar-refractivity contribution in [1.29, 1.82) is 0 Å². The van der Waals surface area contributed by atoms with Crippen molar-refractivity contribution in [2.45, 2.75) is 38.4 Å². The Morgan fingerprint density at radius 1 is 1.11 bits per heavy atom. The summed E-state index contributed by atoms with van der Waals surface area (Å²) < 4.78 is 17.3. The van der Waals surface area contributed by atoms with E-state index >= 15 is 0 Å². The number of hydrogen-bond acceptors (Lipinski definition) is 5. The molecule has 0 aliphatic carbocycles. The highest BCUT2D eigenvalue weighted by Gasteiger charge is 2.28. The topological polar surface area (TPSA) is 51.2 Å². The van der Waals surface area contributed by atoms with Crippen LogP contribution < -0.4 is 9.47 Å². The van der Waals surface area contributed by atoms with Crippen LogP contribution in [0.1, 0.15) is 26.2 Å². The van der Waals surface area contributed by atoms with Crippen molar-refractivity contribution < 1.29 is 19.0 Å². The van der Waals surface area contributed by atoms with E-state index in [4.69, 9.17) is 14.2 Å². The van der Waals surface area contributed by atoms with E-state index in [1.807, 2.05) is 36.1 Å². The average Bonchev–Trinajstić information content (AvgIpc) is 2.70. The summed E-state index contributed by atoms with van der Waals surface area (Å²) in [5, 5.41) is 0. The van der Waals surface area contributed by atoms with Gasteiger partial charge in [0.05, 0.1) is 6.61 Å². The molecule has 27 heavy (non-hydrogen) atoms. The van der Waals surface area contributed by atoms with Crippen LogP contribution in [0.2, 0.25) is 0 Å². The zero-order chi connectivity index (χ0) is 18.6. The molecule has 6 nitrogen and oxygen atoms in total. The number of hydrogen-bond donors (Lipinski definition) is 0. The first kappa shape index (κ1) is 18.6. The van der Waals surface area contributed by atoms with E-state index in [2.05, 4.69) is 4.90 Å². The SMILES string of the molecule is CC1OCCN(CCC2CCN(CC3COc4ccccc4O3)CC2)C1=O. The first-order chi connectivity index (χ1) is 13.2. The molecule has 2 saturated heterocycles. The smallest absolute Gasteiger partial charge is 0.251 e. The van der Waals surface area contributed by atoms with Gasteiger partial charge in [0.1, 0.15) is 18.8 Å². The maximum absolute atomic E-state index is 12.1. The van der Waals surface area contributed by atoms with Crippen molar-refractivity contribution in [2.24, 2.45) is 5.92 Å². The fourth-order valence-corrected chi connectivity index (χ4v) is 4.24. The summed E-state index contributed by atoms with van der Waals surface area (Å²) in [7, 11) is 0. The number of fused-ring (bicyclic) bond motifs is 1. The van der Waals surface area contributed by atoms with Crippen LogP contribution in [-0.4, -0.2) is 73.9 Å². The van der Waals surface area contributed by atoms with Crippen molar-refractivity contribution in [2.75, 3.05) is 45.9 Å². The molecule has 2 unspecified atom stereocenters. The molecule has 3 aliphatic rings. The van der Waals surface area contributed by atoms with E-state index in [0.717, 1.165) is 50.6 Å². The van der Waals surface area contributed by atoms with Crippen LogP contribution in [0.25, 0.3) is 0 Å². The summed E-state index contributed by atoms with van der Waals surface area (Å²) in [5.74, 6) is 2.55. The molecule has 0 saturated carbocycles. The number of likely N-dealkylation sites (tertiary alicyclic amines) is 1. The molecule has 0 aromatic heterocycles. The van der Waals surface area contributed by atoms with Gasteiger partial charge in [-0.15, -0.1) is 0 Å². The lowest BCUT2D eigenvalue weighted by Crippen LogP contribution is -2.47. The lowest BCUT2D eigenvalue weighted by molar-refractivity contribution is -0.151. The standard InChI is InChI=1S/C21H30N2O4/c1-16-21(24)23(12-13-25-16)11-8-17-6-9-22(10-7-17)14-18-15-26-19-4-2-3-5-20(19)27-18/h2-5,16-18H,6-15H2,1H3. The van der Waals surface area contributed by atoms with Gasteiger partial charge in [0.2, 0.25) is 0 Å². The number of rotatable bonds is 5. The van der Waals surface area contributed by atoms with Gasteiger partial charge in [-0.1, -0.05) is 12.1 Å². The van der Waals surface area contributed by atoms with E-state index in [1.165, 1.54) is 12.8 Å². The maximum Gasteiger partial charge on any atom is 0.251 e. The Kier molecular flexibility index (Phi) is 5.83. The van der Waals surface area contributed by atoms with Crippen molar-refractivity contribution >= 4 is 5.91 Å². The highest BCUT2D eigenvalue weighted by atomic mass is 16.6. The molecule has 6 heteroatoms. The number of ether oxygens (including phenoxy) is 3. The van der Waals surface area contributed by atoms with E-state index in [0.29, 0.717) is 19.1 Å². The third-order valence-electron chi connectivity index (χ3n) is 5.93. The molecular formula is C21H30N2O4. The van der Waals surface area contributed by atoms with Crippen molar-refractivity contribution in [1.82, 2.24) is 9.80 Å². The Morgan fingerprint density at radius 2 is 1.89 bits per heavy atom. The Bertz CT molecular complexity index is 645. The Labute approximate surface area is 161 Å². The molecule has 4 rings (SSSR count). The van der Waals surface area contributed by atoms with E-state index < -0.39 is 0 Å². The fourth-order valence-electron chi connectivity index (χ4n) is 4.24. The van der Waals surface area contributed by atoms with Gasteiger partial charge in [-0.3, -0.25) is 9.69 Å². The fraction of sp³-hybridized carbons (Fsp3) is 0.667. The number of carbonyl (C=O) groups excluding carboxylic acids is 1. The molecule has 3 heterocycles. The Balaban J connectivity index is 1.18. The normalized spacial score (nSPS) is 27.0. The summed E-state index contributed by atoms with van der Waals surface area (Å²) in [4.78, 5) is 16.6. The van der Waals surface area contributed by atoms with Gasteiger partial charge in [0, 0.05) is 19.6 Å². The number of morpholine rings is 1. The van der Waals surface area contributed by atoms with Crippen LogP contribution >= 0.6 is 0 Å². The number of nitrogens with zero attached hydrogens (tertiary/aromatic N) is 2. The monoisotopic (exact) mass is 374 g/mol. The first-order valence-electron chi connectivity index (χ1n) is 10.2. The van der Waals surface area contributed by atoms with Crippen LogP contribution in [0, 0.1) is 5.92 Å². The largest absolute Gasteiger partial charge is 0.486 e. The van der Waals surface area contributed by atoms with Gasteiger partial charge in [-0.25, -0.2) is 0 Å². The zero-order valence-electron chi connectivity index (χ0n) is 16.1. The molecule has 1 aromatic carbocycles. The molecule has 0 spiro atoms. The van der Waals surface area contributed by atoms with Gasteiger partial charge in [0.15, 0.2) is 11.5 Å². The third-order valence-corrected chi connectivity index (χ3v) is 5.93. The molecule has 1 aromatic rings. The van der Waals surface area contributed by atoms with Gasteiger partial charge >= 0.3 is 0 Å². The van der Waals surface area contributed by atoms with Gasteiger partial charge in [-0.2, -0.15) is 0 Å². The van der Waals surface area contributed by atoms with E-state index in [-0.39, 0.29) is 18.1 Å². The molecular weight excluding hydrogens is 344 g/mol. The quantitative estimate of drug-likeness (QED) is 0.791. The van der Waals surface area contributed by atoms with Crippen LogP contribution in [0.15, 0.2) is 24.3 Å². The van der Waals surface area contributed by atoms with Crippen LogP contribution in [-0.2, 0) is 9.53 Å². The summed E-state index contributed by atoms with van der Waals surface area (Å²) >= 11 is 0. The van der Waals surface area contributed by atoms with Gasteiger partial charge < -0.3 is 19.1 Å². The molecule has 2 fully saturated rings. The maximum atomic E-state index is 12.1. The summed E-state index contributed by atoms with van der Waals surface area (Å²) in [6, 6.07) is 7.88. The second-order valence-electron chi connectivity index (χ2n) is 7.87. The number of benzene rings is 1. The van der Waals surface area contributed by atoms with E-state index in [9.17, 15) is 4.79 Å². The summed E-state index contributed by atoms with van der Waals surface area (Å²) in [5.41, 5.74) is 0. The summed E-state index contributed by atoms with van der Waals surface area (Å²) in [6.07, 6.45) is 3.31. The number of para-hydroxylation sites is 2. The molecule has 1 amide bonds. The zero-order valence-corrected chi connectivity index (χ0v) is 16.1. The molecule has 0 radical (unpaired) electrons. The molecule has 0 bridgehead atoms. The minimum absolute atomic E-state index is 0.101. The van der Waals surface area contributed by atoms with Gasteiger partial charge in [0.25, 0.3) is 5.91 Å². The number of amides is 1. The predicted molar refractivity (Wildman–Crippen MR) is 102 cm³/mol. The first-order valence-corrected chi connectivity index (χ1v) is 10.2. The highest BCUT2D eigenvalue weighted by Crippen LogP contribution is 2.31. The van der Waals surface area contributed by atoms with Gasteiger partial charge in [-0.05, 0) is 57.3 Å². The minimum Gasteiger partial charge on any atom is -0.486 e. The third kappa shape index (κ3) is 4.55. The lowest BCUT2D eigenvalue weighted by atomic mass is 9.93. The van der Waals surface area contributed by atoms with Crippen LogP contribution in [0.3, 0.4) is 0 Å². The Hall–Kier alpha value is -1.79. The second kappa shape index (κ2) is 8.48. The Morgan fingerprint density at radius 3 is 2.70 bits per heavy atom. The average molecular weight is 374 g/mol. The summed E-state index contributed by atoms with van der Waals surface area (Å²) in [6.45, 7) is 7.85. The number of carbonyl (C=O) groups is 1. The van der Waals surface area contributed by atoms with Crippen molar-refractivity contribution in [3.63, 3.8) is 0 Å². The lowest BCUT2D eigenvalue weighted by Gasteiger charge is -2.37. The van der Waals surface area contributed by atoms with E-state index in [1.54, 1.807) is 0 Å². The minimum atomic E-state index is -0.275. The van der Waals surface area contributed by atoms with Crippen LogP contribution in [0.4, 0.5) is 0 Å². The molecule has 2 atom stereocenters. The predicted octanol–water partition coefficient (Wildman–Crippen LogP) is 2.18. The molecule has 0 N–H and O–H groups in total. The van der Waals surface area contributed by atoms with Crippen molar-refractivity contribution in [3.05, 3.63) is 24.3 Å². The molecule has 148 valence electrons.